The van der Waals surface area contributed by atoms with Gasteiger partial charge in [-0.25, -0.2) is 0 Å². The second-order valence-electron chi connectivity index (χ2n) is 5.12. The molecule has 16 heavy (non-hydrogen) atoms. The van der Waals surface area contributed by atoms with E-state index in [1.807, 2.05) is 32.9 Å². The number of aliphatic carboxylic acids is 1. The van der Waals surface area contributed by atoms with E-state index >= 15 is 0 Å². The Hall–Kier alpha value is -0.830. The number of carbonyl (C=O) groups is 1. The van der Waals surface area contributed by atoms with Gasteiger partial charge in [0, 0.05) is 10.4 Å². The molecule has 0 spiro atoms. The number of hydrogen-bond donors (Lipinski definition) is 1. The van der Waals surface area contributed by atoms with E-state index in [2.05, 4.69) is 22.0 Å². The molecule has 1 fully saturated rings. The molecule has 2 nitrogen and oxygen atoms in total. The van der Waals surface area contributed by atoms with Gasteiger partial charge in [-0.05, 0) is 29.5 Å². The van der Waals surface area contributed by atoms with Crippen molar-refractivity contribution >= 4 is 21.9 Å². The van der Waals surface area contributed by atoms with Crippen molar-refractivity contribution in [3.05, 3.63) is 33.8 Å². The Morgan fingerprint density at radius 2 is 2.06 bits per heavy atom. The lowest BCUT2D eigenvalue weighted by atomic mass is 10.0. The summed E-state index contributed by atoms with van der Waals surface area (Å²) in [6.07, 6.45) is 0. The highest BCUT2D eigenvalue weighted by Gasteiger charge is 2.62. The van der Waals surface area contributed by atoms with Gasteiger partial charge in [0.25, 0.3) is 0 Å². The molecule has 86 valence electrons. The highest BCUT2D eigenvalue weighted by Crippen LogP contribution is 2.64. The van der Waals surface area contributed by atoms with E-state index in [1.165, 1.54) is 0 Å². The van der Waals surface area contributed by atoms with Crippen molar-refractivity contribution in [2.45, 2.75) is 26.7 Å². The molecule has 0 aliphatic heterocycles. The van der Waals surface area contributed by atoms with Crippen LogP contribution >= 0.6 is 15.9 Å². The average molecular weight is 283 g/mol. The largest absolute Gasteiger partial charge is 0.481 e. The average Bonchev–Trinajstić information content (AvgIpc) is 2.74. The molecule has 0 saturated heterocycles. The lowest BCUT2D eigenvalue weighted by molar-refractivity contribution is -0.139. The summed E-state index contributed by atoms with van der Waals surface area (Å²) in [4.78, 5) is 11.1. The molecule has 0 bridgehead atoms. The fourth-order valence-corrected chi connectivity index (χ4v) is 2.83. The third-order valence-corrected chi connectivity index (χ3v) is 4.52. The molecular formula is C13H15BrO2. The first-order valence-corrected chi connectivity index (χ1v) is 6.14. The Labute approximate surface area is 104 Å². The summed E-state index contributed by atoms with van der Waals surface area (Å²) in [6.45, 7) is 6.07. The zero-order valence-corrected chi connectivity index (χ0v) is 11.2. The first kappa shape index (κ1) is 11.6. The predicted molar refractivity (Wildman–Crippen MR) is 66.5 cm³/mol. The van der Waals surface area contributed by atoms with Crippen LogP contribution in [0.15, 0.2) is 22.7 Å². The van der Waals surface area contributed by atoms with Gasteiger partial charge in [-0.3, -0.25) is 4.79 Å². The number of rotatable bonds is 2. The molecule has 2 rings (SSSR count). The number of hydrogen-bond acceptors (Lipinski definition) is 1. The Bertz CT molecular complexity index is 451. The summed E-state index contributed by atoms with van der Waals surface area (Å²) >= 11 is 3.46. The summed E-state index contributed by atoms with van der Waals surface area (Å²) in [5.41, 5.74) is 2.17. The number of carboxylic acids is 1. The van der Waals surface area contributed by atoms with Crippen molar-refractivity contribution in [3.63, 3.8) is 0 Å². The normalized spacial score (nSPS) is 26.5. The smallest absolute Gasteiger partial charge is 0.307 e. The van der Waals surface area contributed by atoms with Crippen LogP contribution in [0.1, 0.15) is 30.9 Å². The molecule has 1 aromatic carbocycles. The Balaban J connectivity index is 2.33. The van der Waals surface area contributed by atoms with Gasteiger partial charge in [-0.15, -0.1) is 0 Å². The third-order valence-electron chi connectivity index (χ3n) is 3.63. The summed E-state index contributed by atoms with van der Waals surface area (Å²) in [6, 6.07) is 6.10. The maximum Gasteiger partial charge on any atom is 0.307 e. The zero-order chi connectivity index (χ0) is 12.1. The molecule has 1 aliphatic carbocycles. The van der Waals surface area contributed by atoms with Crippen LogP contribution in [-0.4, -0.2) is 11.1 Å². The topological polar surface area (TPSA) is 37.3 Å². The number of benzene rings is 1. The van der Waals surface area contributed by atoms with Crippen LogP contribution < -0.4 is 0 Å². The van der Waals surface area contributed by atoms with Crippen molar-refractivity contribution in [1.82, 2.24) is 0 Å². The summed E-state index contributed by atoms with van der Waals surface area (Å²) in [5, 5.41) is 9.14. The van der Waals surface area contributed by atoms with Crippen LogP contribution in [0.25, 0.3) is 0 Å². The van der Waals surface area contributed by atoms with E-state index in [1.54, 1.807) is 0 Å². The SMILES string of the molecule is Cc1cc(C2C(C(=O)O)C2(C)C)ccc1Br. The summed E-state index contributed by atoms with van der Waals surface area (Å²) in [7, 11) is 0. The van der Waals surface area contributed by atoms with Crippen molar-refractivity contribution in [1.29, 1.82) is 0 Å². The van der Waals surface area contributed by atoms with Crippen LogP contribution in [-0.2, 0) is 4.79 Å². The first-order chi connectivity index (χ1) is 7.35. The van der Waals surface area contributed by atoms with E-state index < -0.39 is 5.97 Å². The van der Waals surface area contributed by atoms with Crippen LogP contribution in [0.5, 0.6) is 0 Å². The molecule has 0 aromatic heterocycles. The molecule has 1 N–H and O–H groups in total. The van der Waals surface area contributed by atoms with Gasteiger partial charge in [0.05, 0.1) is 5.92 Å². The van der Waals surface area contributed by atoms with E-state index in [0.29, 0.717) is 0 Å². The van der Waals surface area contributed by atoms with Crippen molar-refractivity contribution < 1.29 is 9.90 Å². The van der Waals surface area contributed by atoms with Crippen LogP contribution in [0.3, 0.4) is 0 Å². The third kappa shape index (κ3) is 1.67. The fourth-order valence-electron chi connectivity index (χ4n) is 2.58. The minimum atomic E-state index is -0.685. The highest BCUT2D eigenvalue weighted by molar-refractivity contribution is 9.10. The lowest BCUT2D eigenvalue weighted by Crippen LogP contribution is -2.03. The fraction of sp³-hybridized carbons (Fsp3) is 0.462. The van der Waals surface area contributed by atoms with Crippen molar-refractivity contribution in [2.75, 3.05) is 0 Å². The van der Waals surface area contributed by atoms with Gasteiger partial charge >= 0.3 is 5.97 Å². The van der Waals surface area contributed by atoms with Crippen molar-refractivity contribution in [2.24, 2.45) is 11.3 Å². The second kappa shape index (κ2) is 3.59. The molecule has 1 aromatic rings. The number of halogens is 1. The standard InChI is InChI=1S/C13H15BrO2/c1-7-6-8(4-5-9(7)14)10-11(12(15)16)13(10,2)3/h4-6,10-11H,1-3H3,(H,15,16). The van der Waals surface area contributed by atoms with Crippen LogP contribution in [0, 0.1) is 18.3 Å². The minimum Gasteiger partial charge on any atom is -0.481 e. The molecule has 3 heteroatoms. The monoisotopic (exact) mass is 282 g/mol. The second-order valence-corrected chi connectivity index (χ2v) is 5.98. The Kier molecular flexibility index (Phi) is 2.61. The van der Waals surface area contributed by atoms with Gasteiger partial charge in [0.1, 0.15) is 0 Å². The van der Waals surface area contributed by atoms with E-state index in [4.69, 9.17) is 5.11 Å². The molecule has 1 saturated carbocycles. The van der Waals surface area contributed by atoms with E-state index in [0.717, 1.165) is 15.6 Å². The number of carboxylic acid groups (broad SMARTS) is 1. The quantitative estimate of drug-likeness (QED) is 0.900. The highest BCUT2D eigenvalue weighted by atomic mass is 79.9. The van der Waals surface area contributed by atoms with Gasteiger partial charge < -0.3 is 5.11 Å². The minimum absolute atomic E-state index is 0.119. The maximum atomic E-state index is 11.1. The molecule has 1 aliphatic rings. The summed E-state index contributed by atoms with van der Waals surface area (Å²) < 4.78 is 1.07. The maximum absolute atomic E-state index is 11.1. The Morgan fingerprint density at radius 1 is 1.44 bits per heavy atom. The van der Waals surface area contributed by atoms with Gasteiger partial charge in [0.2, 0.25) is 0 Å². The zero-order valence-electron chi connectivity index (χ0n) is 9.62. The molecule has 2 unspecified atom stereocenters. The molecule has 0 heterocycles. The predicted octanol–water partition coefficient (Wildman–Crippen LogP) is 3.58. The van der Waals surface area contributed by atoms with Crippen LogP contribution in [0.4, 0.5) is 0 Å². The van der Waals surface area contributed by atoms with Gasteiger partial charge in [0.15, 0.2) is 0 Å². The van der Waals surface area contributed by atoms with Gasteiger partial charge in [-0.1, -0.05) is 41.9 Å². The lowest BCUT2D eigenvalue weighted by Gasteiger charge is -2.05. The number of aryl methyl sites for hydroxylation is 1. The van der Waals surface area contributed by atoms with E-state index in [9.17, 15) is 4.79 Å². The van der Waals surface area contributed by atoms with Crippen molar-refractivity contribution in [3.8, 4) is 0 Å². The van der Waals surface area contributed by atoms with Crippen LogP contribution in [0.2, 0.25) is 0 Å². The molecular weight excluding hydrogens is 268 g/mol. The molecule has 2 atom stereocenters. The first-order valence-electron chi connectivity index (χ1n) is 5.34. The molecule has 0 radical (unpaired) electrons. The van der Waals surface area contributed by atoms with E-state index in [-0.39, 0.29) is 17.3 Å². The molecule has 0 amide bonds. The Morgan fingerprint density at radius 3 is 2.50 bits per heavy atom. The van der Waals surface area contributed by atoms with Gasteiger partial charge in [-0.2, -0.15) is 0 Å². The summed E-state index contributed by atoms with van der Waals surface area (Å²) in [5.74, 6) is -0.777.